The molecule has 0 bridgehead atoms. The van der Waals surface area contributed by atoms with Gasteiger partial charge in [-0.05, 0) is 43.3 Å². The van der Waals surface area contributed by atoms with Crippen LogP contribution < -0.4 is 4.74 Å². The number of imidazole rings is 1. The van der Waals surface area contributed by atoms with Gasteiger partial charge in [0.1, 0.15) is 24.7 Å². The summed E-state index contributed by atoms with van der Waals surface area (Å²) in [6.07, 6.45) is 1.97. The van der Waals surface area contributed by atoms with Crippen LogP contribution in [0.3, 0.4) is 0 Å². The molecule has 142 valence electrons. The number of hydrogen-bond donors (Lipinski definition) is 0. The average Bonchev–Trinajstić information content (AvgIpc) is 3.03. The Balaban J connectivity index is 2.03. The molecule has 5 nitrogen and oxygen atoms in total. The molecular formula is C20H21ClFN3O2. The third kappa shape index (κ3) is 4.22. The molecule has 0 fully saturated rings. The second-order valence-corrected chi connectivity index (χ2v) is 6.57. The maximum absolute atomic E-state index is 12.5. The first-order valence-corrected chi connectivity index (χ1v) is 9.11. The zero-order chi connectivity index (χ0) is 19.4. The molecule has 3 rings (SSSR count). The van der Waals surface area contributed by atoms with Gasteiger partial charge in [0, 0.05) is 25.4 Å². The molecule has 3 aromatic rings. The maximum atomic E-state index is 12.5. The smallest absolute Gasteiger partial charge is 0.228 e. The SMILES string of the molecule is CCN(C)C(=O)Cc1c(-c2ccc(OCC[18F])cc2)nc2ccc(Cl)cn12. The van der Waals surface area contributed by atoms with E-state index in [1.54, 1.807) is 36.3 Å². The van der Waals surface area contributed by atoms with E-state index >= 15 is 0 Å². The van der Waals surface area contributed by atoms with Crippen LogP contribution in [0, 0.1) is 0 Å². The quantitative estimate of drug-likeness (QED) is 0.614. The summed E-state index contributed by atoms with van der Waals surface area (Å²) in [6.45, 7) is 2.05. The second kappa shape index (κ2) is 8.39. The Kier molecular flexibility index (Phi) is 5.96. The van der Waals surface area contributed by atoms with E-state index in [1.165, 1.54) is 0 Å². The molecule has 0 unspecified atom stereocenters. The third-order valence-electron chi connectivity index (χ3n) is 4.37. The number of halogens is 2. The molecule has 27 heavy (non-hydrogen) atoms. The molecular weight excluding hydrogens is 368 g/mol. The van der Waals surface area contributed by atoms with E-state index in [1.807, 2.05) is 29.5 Å². The maximum Gasteiger partial charge on any atom is 0.228 e. The van der Waals surface area contributed by atoms with Crippen LogP contribution in [-0.2, 0) is 11.2 Å². The van der Waals surface area contributed by atoms with Gasteiger partial charge in [0.15, 0.2) is 0 Å². The number of likely N-dealkylation sites (N-methyl/N-ethyl adjacent to an activating group) is 1. The average molecular weight is 389 g/mol. The van der Waals surface area contributed by atoms with Crippen LogP contribution in [0.15, 0.2) is 42.6 Å². The van der Waals surface area contributed by atoms with Crippen molar-refractivity contribution in [2.75, 3.05) is 26.9 Å². The van der Waals surface area contributed by atoms with E-state index in [0.717, 1.165) is 11.3 Å². The number of pyridine rings is 1. The predicted molar refractivity (Wildman–Crippen MR) is 104 cm³/mol. The van der Waals surface area contributed by atoms with Gasteiger partial charge in [0.2, 0.25) is 5.91 Å². The Morgan fingerprint density at radius 2 is 2.00 bits per heavy atom. The number of nitrogens with zero attached hydrogens (tertiary/aromatic N) is 3. The Morgan fingerprint density at radius 1 is 1.26 bits per heavy atom. The summed E-state index contributed by atoms with van der Waals surface area (Å²) in [5, 5.41) is 0.568. The summed E-state index contributed by atoms with van der Waals surface area (Å²) in [5.74, 6) is 0.593. The van der Waals surface area contributed by atoms with Crippen molar-refractivity contribution < 1.29 is 13.9 Å². The summed E-state index contributed by atoms with van der Waals surface area (Å²) in [7, 11) is 1.77. The number of alkyl halides is 1. The van der Waals surface area contributed by atoms with Gasteiger partial charge in [-0.3, -0.25) is 4.79 Å². The molecule has 0 spiro atoms. The van der Waals surface area contributed by atoms with Gasteiger partial charge in [-0.15, -0.1) is 0 Å². The van der Waals surface area contributed by atoms with Crippen molar-refractivity contribution in [1.82, 2.24) is 14.3 Å². The molecule has 7 heteroatoms. The van der Waals surface area contributed by atoms with Crippen LogP contribution >= 0.6 is 11.6 Å². The molecule has 1 aromatic carbocycles. The lowest BCUT2D eigenvalue weighted by molar-refractivity contribution is -0.129. The van der Waals surface area contributed by atoms with E-state index < -0.39 is 6.67 Å². The molecule has 0 aliphatic carbocycles. The standard InChI is InChI=1S/C20H21ClFN3O2/c1-3-24(2)19(26)12-17-20(23-18-9-6-15(21)13-25(17)18)14-4-7-16(8-5-14)27-11-10-22/h4-9,13H,3,10-12H2,1-2H3/i22-1. The summed E-state index contributed by atoms with van der Waals surface area (Å²) < 4.78 is 19.4. The van der Waals surface area contributed by atoms with Crippen LogP contribution in [0.1, 0.15) is 12.6 Å². The van der Waals surface area contributed by atoms with Gasteiger partial charge in [-0.1, -0.05) is 11.6 Å². The van der Waals surface area contributed by atoms with Crippen molar-refractivity contribution in [3.63, 3.8) is 0 Å². The normalized spacial score (nSPS) is 11.0. The van der Waals surface area contributed by atoms with E-state index in [-0.39, 0.29) is 18.9 Å². The minimum atomic E-state index is -0.536. The first-order chi connectivity index (χ1) is 13.0. The fourth-order valence-corrected chi connectivity index (χ4v) is 2.95. The van der Waals surface area contributed by atoms with Gasteiger partial charge >= 0.3 is 0 Å². The molecule has 0 saturated carbocycles. The van der Waals surface area contributed by atoms with Crippen molar-refractivity contribution in [3.05, 3.63) is 53.3 Å². The van der Waals surface area contributed by atoms with E-state index in [4.69, 9.17) is 16.3 Å². The van der Waals surface area contributed by atoms with Crippen LogP contribution in [0.25, 0.3) is 16.9 Å². The Labute approximate surface area is 162 Å². The fraction of sp³-hybridized carbons (Fsp3) is 0.300. The highest BCUT2D eigenvalue weighted by molar-refractivity contribution is 6.30. The molecule has 2 heterocycles. The summed E-state index contributed by atoms with van der Waals surface area (Å²) in [6, 6.07) is 10.8. The first kappa shape index (κ1) is 19.2. The summed E-state index contributed by atoms with van der Waals surface area (Å²) in [4.78, 5) is 18.9. The van der Waals surface area contributed by atoms with Gasteiger partial charge < -0.3 is 14.0 Å². The van der Waals surface area contributed by atoms with E-state index in [2.05, 4.69) is 4.98 Å². The summed E-state index contributed by atoms with van der Waals surface area (Å²) in [5.41, 5.74) is 3.06. The number of hydrogen-bond acceptors (Lipinski definition) is 3. The highest BCUT2D eigenvalue weighted by Crippen LogP contribution is 2.28. The minimum absolute atomic E-state index is 0.00317. The number of benzene rings is 1. The first-order valence-electron chi connectivity index (χ1n) is 8.73. The molecule has 0 aliphatic rings. The highest BCUT2D eigenvalue weighted by atomic mass is 35.5. The lowest BCUT2D eigenvalue weighted by atomic mass is 10.1. The lowest BCUT2D eigenvalue weighted by Crippen LogP contribution is -2.28. The number of carbonyl (C=O) groups is 1. The number of carbonyl (C=O) groups excluding carboxylic acids is 1. The zero-order valence-corrected chi connectivity index (χ0v) is 16.0. The number of ether oxygens (including phenoxy) is 1. The van der Waals surface area contributed by atoms with Crippen LogP contribution in [0.5, 0.6) is 5.75 Å². The van der Waals surface area contributed by atoms with E-state index in [9.17, 15) is 9.18 Å². The van der Waals surface area contributed by atoms with Crippen LogP contribution in [0.2, 0.25) is 5.02 Å². The fourth-order valence-electron chi connectivity index (χ4n) is 2.79. The van der Waals surface area contributed by atoms with E-state index in [0.29, 0.717) is 28.7 Å². The third-order valence-corrected chi connectivity index (χ3v) is 4.60. The number of aromatic nitrogens is 2. The van der Waals surface area contributed by atoms with Crippen LogP contribution in [-0.4, -0.2) is 47.1 Å². The van der Waals surface area contributed by atoms with Crippen molar-refractivity contribution in [3.8, 4) is 17.0 Å². The van der Waals surface area contributed by atoms with Gasteiger partial charge in [0.25, 0.3) is 0 Å². The Morgan fingerprint density at radius 3 is 2.67 bits per heavy atom. The summed E-state index contributed by atoms with van der Waals surface area (Å²) >= 11 is 6.15. The number of rotatable bonds is 7. The minimum Gasteiger partial charge on any atom is -0.491 e. The van der Waals surface area contributed by atoms with Crippen molar-refractivity contribution in [2.24, 2.45) is 0 Å². The predicted octanol–water partition coefficient (Wildman–Crippen LogP) is 4.02. The van der Waals surface area contributed by atoms with Crippen LogP contribution in [0.4, 0.5) is 4.39 Å². The van der Waals surface area contributed by atoms with Crippen molar-refractivity contribution >= 4 is 23.2 Å². The van der Waals surface area contributed by atoms with Crippen molar-refractivity contribution in [1.29, 1.82) is 0 Å². The van der Waals surface area contributed by atoms with Gasteiger partial charge in [-0.2, -0.15) is 0 Å². The molecule has 0 aliphatic heterocycles. The monoisotopic (exact) mass is 388 g/mol. The van der Waals surface area contributed by atoms with Gasteiger partial charge in [-0.25, -0.2) is 9.37 Å². The molecule has 0 radical (unpaired) electrons. The Hall–Kier alpha value is -2.60. The topological polar surface area (TPSA) is 46.8 Å². The largest absolute Gasteiger partial charge is 0.491 e. The molecule has 0 saturated heterocycles. The van der Waals surface area contributed by atoms with Gasteiger partial charge in [0.05, 0.1) is 22.8 Å². The number of fused-ring (bicyclic) bond motifs is 1. The molecule has 2 aromatic heterocycles. The second-order valence-electron chi connectivity index (χ2n) is 6.13. The lowest BCUT2D eigenvalue weighted by Gasteiger charge is -2.15. The molecule has 0 atom stereocenters. The number of amides is 1. The Bertz CT molecular complexity index is 940. The molecule has 1 amide bonds. The zero-order valence-electron chi connectivity index (χ0n) is 15.3. The highest BCUT2D eigenvalue weighted by Gasteiger charge is 2.19. The molecule has 0 N–H and O–H groups in total. The van der Waals surface area contributed by atoms with Crippen molar-refractivity contribution in [2.45, 2.75) is 13.3 Å².